The van der Waals surface area contributed by atoms with Crippen molar-refractivity contribution in [2.24, 2.45) is 5.92 Å². The van der Waals surface area contributed by atoms with Crippen LogP contribution in [0, 0.1) is 11.7 Å². The fourth-order valence-corrected chi connectivity index (χ4v) is 4.53. The molecule has 9 nitrogen and oxygen atoms in total. The van der Waals surface area contributed by atoms with Crippen LogP contribution in [0.2, 0.25) is 0 Å². The number of carbonyl (C=O) groups excluding carboxylic acids is 1. The molecule has 0 aromatic carbocycles. The van der Waals surface area contributed by atoms with Crippen molar-refractivity contribution in [3.05, 3.63) is 59.7 Å². The summed E-state index contributed by atoms with van der Waals surface area (Å²) < 4.78 is 15.3. The molecule has 10 heteroatoms. The zero-order chi connectivity index (χ0) is 24.0. The fraction of sp³-hybridized carbons (Fsp3) is 0.333. The Bertz CT molecular complexity index is 1400. The number of carbonyl (C=O) groups is 1. The first-order valence-electron chi connectivity index (χ1n) is 11.3. The van der Waals surface area contributed by atoms with Crippen LogP contribution in [0.4, 0.5) is 16.0 Å². The van der Waals surface area contributed by atoms with Crippen molar-refractivity contribution in [2.45, 2.75) is 45.4 Å². The Morgan fingerprint density at radius 3 is 2.68 bits per heavy atom. The van der Waals surface area contributed by atoms with Crippen molar-refractivity contribution < 1.29 is 9.18 Å². The Hall–Kier alpha value is -3.95. The minimum absolute atomic E-state index is 0.140. The van der Waals surface area contributed by atoms with E-state index in [9.17, 15) is 9.18 Å². The van der Waals surface area contributed by atoms with Crippen LogP contribution in [0.1, 0.15) is 50.6 Å². The Labute approximate surface area is 195 Å². The zero-order valence-corrected chi connectivity index (χ0v) is 19.2. The number of halogens is 1. The first-order chi connectivity index (χ1) is 16.3. The number of nitrogens with two attached hydrogens (primary N) is 1. The molecule has 5 rings (SSSR count). The molecule has 5 heterocycles. The van der Waals surface area contributed by atoms with Crippen LogP contribution in [0.25, 0.3) is 17.2 Å². The molecule has 1 unspecified atom stereocenters. The first kappa shape index (κ1) is 21.9. The van der Waals surface area contributed by atoms with E-state index in [1.54, 1.807) is 19.3 Å². The van der Waals surface area contributed by atoms with E-state index in [4.69, 9.17) is 10.7 Å². The minimum atomic E-state index is -1.24. The molecular formula is C24H25FN8O. The quantitative estimate of drug-likeness (QED) is 0.451. The Morgan fingerprint density at radius 2 is 1.97 bits per heavy atom. The van der Waals surface area contributed by atoms with Crippen LogP contribution in [-0.2, 0) is 16.6 Å². The summed E-state index contributed by atoms with van der Waals surface area (Å²) in [5.74, 6) is 0.380. The van der Waals surface area contributed by atoms with Crippen LogP contribution >= 0.6 is 0 Å². The molecule has 1 amide bonds. The fourth-order valence-electron chi connectivity index (χ4n) is 4.53. The molecule has 1 aliphatic rings. The van der Waals surface area contributed by atoms with Gasteiger partial charge in [0.1, 0.15) is 28.6 Å². The van der Waals surface area contributed by atoms with Gasteiger partial charge in [-0.15, -0.1) is 0 Å². The van der Waals surface area contributed by atoms with E-state index in [-0.39, 0.29) is 11.7 Å². The Balaban J connectivity index is 1.62. The summed E-state index contributed by atoms with van der Waals surface area (Å²) in [4.78, 5) is 35.6. The van der Waals surface area contributed by atoms with Gasteiger partial charge in [-0.1, -0.05) is 26.7 Å². The van der Waals surface area contributed by atoms with Crippen molar-refractivity contribution in [1.29, 1.82) is 0 Å². The second-order valence-electron chi connectivity index (χ2n) is 8.71. The molecule has 0 saturated carbocycles. The summed E-state index contributed by atoms with van der Waals surface area (Å²) in [5, 5.41) is 2.80. The maximum absolute atomic E-state index is 13.4. The van der Waals surface area contributed by atoms with Gasteiger partial charge in [0.05, 0.1) is 23.1 Å². The van der Waals surface area contributed by atoms with Crippen LogP contribution in [0.15, 0.2) is 36.9 Å². The van der Waals surface area contributed by atoms with Gasteiger partial charge in [-0.05, 0) is 31.4 Å². The third-order valence-electron chi connectivity index (χ3n) is 6.67. The lowest BCUT2D eigenvalue weighted by Gasteiger charge is -2.22. The van der Waals surface area contributed by atoms with Crippen molar-refractivity contribution in [1.82, 2.24) is 29.3 Å². The summed E-state index contributed by atoms with van der Waals surface area (Å²) in [7, 11) is 0. The topological polar surface area (TPSA) is 124 Å². The van der Waals surface area contributed by atoms with Crippen LogP contribution in [-0.4, -0.2) is 35.2 Å². The molecule has 0 aliphatic carbocycles. The molecule has 0 saturated heterocycles. The summed E-state index contributed by atoms with van der Waals surface area (Å²) in [6.07, 6.45) is 9.33. The number of pyridine rings is 1. The molecule has 174 valence electrons. The normalized spacial score (nSPS) is 17.4. The number of anilines is 2. The lowest BCUT2D eigenvalue weighted by atomic mass is 9.81. The van der Waals surface area contributed by atoms with Gasteiger partial charge in [0.15, 0.2) is 11.5 Å². The number of fused-ring (bicyclic) bond motifs is 2. The number of aromatic nitrogens is 6. The number of nitrogen functional groups attached to an aromatic ring is 1. The predicted octanol–water partition coefficient (Wildman–Crippen LogP) is 3.54. The molecule has 0 bridgehead atoms. The average molecular weight is 461 g/mol. The third-order valence-corrected chi connectivity index (χ3v) is 6.67. The SMILES string of the molecule is CCC(CC)Cc1nc(-c2nc(N)c3c(n2)NC(=O)C3(C)c2ccc(F)cn2)cn2ccnc12. The molecule has 1 atom stereocenters. The molecule has 4 aromatic heterocycles. The number of rotatable bonds is 6. The van der Waals surface area contributed by atoms with E-state index in [0.717, 1.165) is 36.8 Å². The maximum Gasteiger partial charge on any atom is 0.242 e. The van der Waals surface area contributed by atoms with Gasteiger partial charge in [0, 0.05) is 18.6 Å². The second-order valence-corrected chi connectivity index (χ2v) is 8.71. The predicted molar refractivity (Wildman–Crippen MR) is 125 cm³/mol. The Kier molecular flexibility index (Phi) is 5.22. The van der Waals surface area contributed by atoms with Crippen molar-refractivity contribution in [2.75, 3.05) is 11.1 Å². The van der Waals surface area contributed by atoms with Gasteiger partial charge in [-0.25, -0.2) is 24.3 Å². The zero-order valence-electron chi connectivity index (χ0n) is 19.2. The average Bonchev–Trinajstić information content (AvgIpc) is 3.40. The largest absolute Gasteiger partial charge is 0.383 e. The van der Waals surface area contributed by atoms with Gasteiger partial charge in [-0.3, -0.25) is 9.78 Å². The van der Waals surface area contributed by atoms with Crippen LogP contribution in [0.5, 0.6) is 0 Å². The number of hydrogen-bond acceptors (Lipinski definition) is 7. The number of hydrogen-bond donors (Lipinski definition) is 2. The van der Waals surface area contributed by atoms with E-state index < -0.39 is 11.2 Å². The number of amides is 1. The molecule has 1 aliphatic heterocycles. The van der Waals surface area contributed by atoms with E-state index in [1.165, 1.54) is 12.1 Å². The highest BCUT2D eigenvalue weighted by molar-refractivity contribution is 6.08. The van der Waals surface area contributed by atoms with E-state index in [2.05, 4.69) is 39.1 Å². The second kappa shape index (κ2) is 8.12. The highest BCUT2D eigenvalue weighted by atomic mass is 19.1. The van der Waals surface area contributed by atoms with E-state index >= 15 is 0 Å². The van der Waals surface area contributed by atoms with Crippen molar-refractivity contribution in [3.8, 4) is 11.5 Å². The van der Waals surface area contributed by atoms with Gasteiger partial charge in [0.2, 0.25) is 5.91 Å². The van der Waals surface area contributed by atoms with Crippen LogP contribution < -0.4 is 11.1 Å². The van der Waals surface area contributed by atoms with E-state index in [0.29, 0.717) is 34.5 Å². The van der Waals surface area contributed by atoms with Gasteiger partial charge >= 0.3 is 0 Å². The molecular weight excluding hydrogens is 435 g/mol. The Morgan fingerprint density at radius 1 is 1.18 bits per heavy atom. The summed E-state index contributed by atoms with van der Waals surface area (Å²) >= 11 is 0. The summed E-state index contributed by atoms with van der Waals surface area (Å²) in [5.41, 5.74) is 8.11. The monoisotopic (exact) mass is 460 g/mol. The van der Waals surface area contributed by atoms with E-state index in [1.807, 2.05) is 10.6 Å². The lowest BCUT2D eigenvalue weighted by Crippen LogP contribution is -2.34. The molecule has 0 radical (unpaired) electrons. The van der Waals surface area contributed by atoms with Gasteiger partial charge in [-0.2, -0.15) is 0 Å². The minimum Gasteiger partial charge on any atom is -0.383 e. The van der Waals surface area contributed by atoms with Gasteiger partial charge < -0.3 is 15.5 Å². The number of imidazole rings is 1. The standard InChI is InChI=1S/C24H25FN8O/c1-4-13(5-2)10-15-22-27-8-9-33(22)12-16(29-15)20-30-19(26)18-21(31-20)32-23(34)24(18,3)17-7-6-14(25)11-28-17/h6-9,11-13H,4-5,10H2,1-3H3,(H3,26,30,31,32,34). The lowest BCUT2D eigenvalue weighted by molar-refractivity contribution is -0.119. The molecule has 0 fully saturated rings. The third kappa shape index (κ3) is 3.37. The highest BCUT2D eigenvalue weighted by Crippen LogP contribution is 2.44. The maximum atomic E-state index is 13.4. The summed E-state index contributed by atoms with van der Waals surface area (Å²) in [6, 6.07) is 2.73. The first-order valence-corrected chi connectivity index (χ1v) is 11.3. The smallest absolute Gasteiger partial charge is 0.242 e. The summed E-state index contributed by atoms with van der Waals surface area (Å²) in [6.45, 7) is 6.01. The van der Waals surface area contributed by atoms with Crippen molar-refractivity contribution >= 4 is 23.2 Å². The number of nitrogens with zero attached hydrogens (tertiary/aromatic N) is 6. The van der Waals surface area contributed by atoms with Crippen LogP contribution in [0.3, 0.4) is 0 Å². The molecule has 3 N–H and O–H groups in total. The highest BCUT2D eigenvalue weighted by Gasteiger charge is 2.48. The molecule has 0 spiro atoms. The molecule has 34 heavy (non-hydrogen) atoms. The van der Waals surface area contributed by atoms with Crippen molar-refractivity contribution in [3.63, 3.8) is 0 Å². The number of nitrogens with one attached hydrogen (secondary N) is 1. The molecule has 4 aromatic rings. The van der Waals surface area contributed by atoms with Gasteiger partial charge in [0.25, 0.3) is 0 Å².